The highest BCUT2D eigenvalue weighted by Gasteiger charge is 2.07. The van der Waals surface area contributed by atoms with Crippen LogP contribution in [0.15, 0.2) is 49.3 Å². The molecule has 5 nitrogen and oxygen atoms in total. The second kappa shape index (κ2) is 7.34. The first-order valence-corrected chi connectivity index (χ1v) is 7.35. The Morgan fingerprint density at radius 3 is 2.83 bits per heavy atom. The first-order chi connectivity index (χ1) is 11.4. The van der Waals surface area contributed by atoms with E-state index in [4.69, 9.17) is 0 Å². The smallest absolute Gasteiger partial charge is 0.178 e. The van der Waals surface area contributed by atoms with Crippen molar-refractivity contribution in [1.29, 1.82) is 0 Å². The second-order valence-electron chi connectivity index (χ2n) is 5.41. The van der Waals surface area contributed by atoms with Gasteiger partial charge in [0.1, 0.15) is 11.6 Å². The summed E-state index contributed by atoms with van der Waals surface area (Å²) in [4.78, 5) is 13.7. The molecule has 0 amide bonds. The van der Waals surface area contributed by atoms with Gasteiger partial charge >= 0.3 is 0 Å². The van der Waals surface area contributed by atoms with Gasteiger partial charge in [0, 0.05) is 31.4 Å². The third-order valence-corrected chi connectivity index (χ3v) is 3.33. The van der Waals surface area contributed by atoms with Gasteiger partial charge in [0.2, 0.25) is 0 Å². The Labute approximate surface area is 141 Å². The first kappa shape index (κ1) is 17.1. The normalized spacial score (nSPS) is 11.8. The molecule has 0 aliphatic carbocycles. The molecule has 5 heteroatoms. The molecule has 0 fully saturated rings. The van der Waals surface area contributed by atoms with Crippen molar-refractivity contribution in [2.45, 2.75) is 6.92 Å². The van der Waals surface area contributed by atoms with E-state index >= 15 is 0 Å². The monoisotopic (exact) mass is 320 g/mol. The summed E-state index contributed by atoms with van der Waals surface area (Å²) in [7, 11) is 3.79. The van der Waals surface area contributed by atoms with E-state index < -0.39 is 0 Å². The maximum Gasteiger partial charge on any atom is 0.178 e. The first-order valence-electron chi connectivity index (χ1n) is 7.35. The molecule has 122 valence electrons. The van der Waals surface area contributed by atoms with Crippen LogP contribution in [0.1, 0.15) is 18.3 Å². The van der Waals surface area contributed by atoms with Crippen molar-refractivity contribution in [1.82, 2.24) is 19.9 Å². The van der Waals surface area contributed by atoms with Crippen molar-refractivity contribution in [2.24, 2.45) is 0 Å². The number of hydrogen-bond acceptors (Lipinski definition) is 4. The molecule has 0 bridgehead atoms. The zero-order valence-electron chi connectivity index (χ0n) is 14.1. The highest BCUT2D eigenvalue weighted by Crippen LogP contribution is 2.19. The molecule has 0 aliphatic rings. The van der Waals surface area contributed by atoms with Gasteiger partial charge in [-0.1, -0.05) is 25.2 Å². The zero-order chi connectivity index (χ0) is 17.7. The number of pyridine rings is 1. The third-order valence-electron chi connectivity index (χ3n) is 3.33. The zero-order valence-corrected chi connectivity index (χ0v) is 14.1. The van der Waals surface area contributed by atoms with Crippen LogP contribution in [0.2, 0.25) is 0 Å². The number of allylic oxidation sites excluding steroid dienone is 5. The fourth-order valence-corrected chi connectivity index (χ4v) is 1.84. The van der Waals surface area contributed by atoms with Crippen LogP contribution in [0, 0.1) is 11.8 Å². The van der Waals surface area contributed by atoms with Gasteiger partial charge in [0.15, 0.2) is 5.65 Å². The summed E-state index contributed by atoms with van der Waals surface area (Å²) in [6.07, 6.45) is 6.38. The van der Waals surface area contributed by atoms with Gasteiger partial charge in [-0.05, 0) is 31.1 Å². The number of aliphatic hydroxyl groups excluding tert-OH is 1. The Morgan fingerprint density at radius 2 is 2.17 bits per heavy atom. The lowest BCUT2D eigenvalue weighted by Gasteiger charge is -2.07. The number of hydrogen-bond donors (Lipinski definition) is 2. The van der Waals surface area contributed by atoms with Crippen molar-refractivity contribution in [2.75, 3.05) is 14.1 Å². The third kappa shape index (κ3) is 3.93. The number of aromatic amines is 1. The summed E-state index contributed by atoms with van der Waals surface area (Å²) in [6, 6.07) is 1.79. The van der Waals surface area contributed by atoms with Crippen molar-refractivity contribution in [3.8, 4) is 11.8 Å². The van der Waals surface area contributed by atoms with Gasteiger partial charge in [-0.3, -0.25) is 0 Å². The number of aliphatic hydroxyl groups is 1. The second-order valence-corrected chi connectivity index (χ2v) is 5.41. The highest BCUT2D eigenvalue weighted by atomic mass is 16.3. The van der Waals surface area contributed by atoms with Crippen LogP contribution in [-0.2, 0) is 0 Å². The number of H-pyrrole nitrogens is 1. The molecule has 2 aromatic heterocycles. The van der Waals surface area contributed by atoms with Crippen molar-refractivity contribution < 1.29 is 5.11 Å². The lowest BCUT2D eigenvalue weighted by Crippen LogP contribution is -2.07. The molecule has 2 rings (SSSR count). The number of nitrogens with one attached hydrogen (secondary N) is 1. The molecule has 0 saturated carbocycles. The lowest BCUT2D eigenvalue weighted by atomic mass is 10.2. The highest BCUT2D eigenvalue weighted by molar-refractivity contribution is 5.78. The Kier molecular flexibility index (Phi) is 5.23. The molecule has 2 aromatic rings. The SMILES string of the molecule is C=C/C=C(\O)c1cnc2nc(/C(C)=C/C#CC(=C)N(C)C)[nH]c2c1. The molecule has 0 saturated heterocycles. The van der Waals surface area contributed by atoms with Crippen LogP contribution in [-0.4, -0.2) is 39.1 Å². The maximum absolute atomic E-state index is 9.88. The molecular weight excluding hydrogens is 300 g/mol. The average Bonchev–Trinajstić information content (AvgIpc) is 2.97. The molecule has 2 N–H and O–H groups in total. The predicted octanol–water partition coefficient (Wildman–Crippen LogP) is 3.52. The predicted molar refractivity (Wildman–Crippen MR) is 98.9 cm³/mol. The molecular formula is C19H20N4O. The van der Waals surface area contributed by atoms with E-state index in [1.54, 1.807) is 18.3 Å². The van der Waals surface area contributed by atoms with Gasteiger partial charge in [0.25, 0.3) is 0 Å². The summed E-state index contributed by atoms with van der Waals surface area (Å²) in [5, 5.41) is 9.88. The molecule has 0 spiro atoms. The number of aromatic nitrogens is 3. The number of rotatable bonds is 4. The minimum Gasteiger partial charge on any atom is -0.507 e. The van der Waals surface area contributed by atoms with Crippen LogP contribution >= 0.6 is 0 Å². The average molecular weight is 320 g/mol. The number of imidazole rings is 1. The van der Waals surface area contributed by atoms with Crippen LogP contribution in [0.25, 0.3) is 22.5 Å². The fourth-order valence-electron chi connectivity index (χ4n) is 1.84. The van der Waals surface area contributed by atoms with Crippen LogP contribution in [0.4, 0.5) is 0 Å². The Hall–Kier alpha value is -3.26. The fraction of sp³-hybridized carbons (Fsp3) is 0.158. The van der Waals surface area contributed by atoms with E-state index in [0.717, 1.165) is 16.8 Å². The van der Waals surface area contributed by atoms with Gasteiger partial charge in [-0.2, -0.15) is 0 Å². The van der Waals surface area contributed by atoms with Gasteiger partial charge in [-0.15, -0.1) is 0 Å². The van der Waals surface area contributed by atoms with Crippen molar-refractivity contribution in [3.05, 3.63) is 60.7 Å². The summed E-state index contributed by atoms with van der Waals surface area (Å²) >= 11 is 0. The Morgan fingerprint density at radius 1 is 1.42 bits per heavy atom. The largest absolute Gasteiger partial charge is 0.507 e. The molecule has 0 atom stereocenters. The quantitative estimate of drug-likeness (QED) is 0.514. The van der Waals surface area contributed by atoms with E-state index in [1.165, 1.54) is 12.2 Å². The summed E-state index contributed by atoms with van der Waals surface area (Å²) < 4.78 is 0. The van der Waals surface area contributed by atoms with Crippen LogP contribution in [0.3, 0.4) is 0 Å². The molecule has 0 aliphatic heterocycles. The standard InChI is InChI=1S/C19H20N4O/c1-6-8-17(24)15-11-16-19(20-12-15)22-18(21-16)13(2)9-7-10-14(3)23(4)5/h6,8-9,11-12,24H,1,3H2,2,4-5H3,(H,20,21,22)/b13-9+,17-8-. The van der Waals surface area contributed by atoms with Gasteiger partial charge in [-0.25, -0.2) is 9.97 Å². The summed E-state index contributed by atoms with van der Waals surface area (Å²) in [6.45, 7) is 9.33. The summed E-state index contributed by atoms with van der Waals surface area (Å²) in [5.41, 5.74) is 3.55. The molecule has 0 aromatic carbocycles. The van der Waals surface area contributed by atoms with Crippen LogP contribution < -0.4 is 0 Å². The topological polar surface area (TPSA) is 65.0 Å². The Balaban J connectivity index is 2.32. The minimum atomic E-state index is 0.107. The van der Waals surface area contributed by atoms with Gasteiger partial charge < -0.3 is 15.0 Å². The molecule has 2 heterocycles. The molecule has 0 radical (unpaired) electrons. The van der Waals surface area contributed by atoms with Gasteiger partial charge in [0.05, 0.1) is 11.2 Å². The van der Waals surface area contributed by atoms with E-state index in [9.17, 15) is 5.11 Å². The van der Waals surface area contributed by atoms with E-state index in [1.807, 2.05) is 25.9 Å². The molecule has 24 heavy (non-hydrogen) atoms. The van der Waals surface area contributed by atoms with Crippen LogP contribution in [0.5, 0.6) is 0 Å². The van der Waals surface area contributed by atoms with E-state index in [2.05, 4.69) is 40.0 Å². The minimum absolute atomic E-state index is 0.107. The Bertz CT molecular complexity index is 904. The van der Waals surface area contributed by atoms with E-state index in [-0.39, 0.29) is 5.76 Å². The number of fused-ring (bicyclic) bond motifs is 1. The van der Waals surface area contributed by atoms with E-state index in [0.29, 0.717) is 17.0 Å². The molecule has 0 unspecified atom stereocenters. The summed E-state index contributed by atoms with van der Waals surface area (Å²) in [5.74, 6) is 6.71. The number of nitrogens with zero attached hydrogens (tertiary/aromatic N) is 3. The maximum atomic E-state index is 9.88. The lowest BCUT2D eigenvalue weighted by molar-refractivity contribution is 0.511. The van der Waals surface area contributed by atoms with Crippen molar-refractivity contribution >= 4 is 22.5 Å². The van der Waals surface area contributed by atoms with Crippen molar-refractivity contribution in [3.63, 3.8) is 0 Å².